The van der Waals surface area contributed by atoms with Gasteiger partial charge in [-0.05, 0) is 29.7 Å². The summed E-state index contributed by atoms with van der Waals surface area (Å²) in [5.74, 6) is 0.882. The van der Waals surface area contributed by atoms with Gasteiger partial charge in [-0.1, -0.05) is 30.3 Å². The van der Waals surface area contributed by atoms with Gasteiger partial charge in [0.1, 0.15) is 11.8 Å². The Morgan fingerprint density at radius 2 is 1.95 bits per heavy atom. The van der Waals surface area contributed by atoms with Gasteiger partial charge >= 0.3 is 0 Å². The van der Waals surface area contributed by atoms with Crippen molar-refractivity contribution in [2.45, 2.75) is 19.1 Å². The van der Waals surface area contributed by atoms with Crippen molar-refractivity contribution in [3.05, 3.63) is 72.2 Å². The summed E-state index contributed by atoms with van der Waals surface area (Å²) < 4.78 is 8.12. The maximum Gasteiger partial charge on any atom is 0.158 e. The monoisotopic (exact) mass is 291 g/mol. The fourth-order valence-electron chi connectivity index (χ4n) is 2.99. The second kappa shape index (κ2) is 5.73. The zero-order valence-corrected chi connectivity index (χ0v) is 12.2. The zero-order valence-electron chi connectivity index (χ0n) is 12.2. The molecule has 1 atom stereocenters. The molecule has 4 heteroatoms. The Morgan fingerprint density at radius 1 is 1.05 bits per heavy atom. The van der Waals surface area contributed by atoms with Crippen LogP contribution in [0.25, 0.3) is 11.5 Å². The summed E-state index contributed by atoms with van der Waals surface area (Å²) in [6, 6.07) is 14.4. The summed E-state index contributed by atoms with van der Waals surface area (Å²) in [7, 11) is 0. The fraction of sp³-hybridized carbons (Fsp3) is 0.222. The van der Waals surface area contributed by atoms with E-state index < -0.39 is 0 Å². The van der Waals surface area contributed by atoms with Crippen molar-refractivity contribution in [3.63, 3.8) is 0 Å². The van der Waals surface area contributed by atoms with Crippen molar-refractivity contribution in [1.82, 2.24) is 14.5 Å². The van der Waals surface area contributed by atoms with Crippen LogP contribution >= 0.6 is 0 Å². The molecule has 1 aromatic carbocycles. The molecule has 0 bridgehead atoms. The van der Waals surface area contributed by atoms with Crippen LogP contribution in [0.2, 0.25) is 0 Å². The van der Waals surface area contributed by atoms with Crippen molar-refractivity contribution in [1.29, 1.82) is 0 Å². The third-order valence-corrected chi connectivity index (χ3v) is 4.06. The lowest BCUT2D eigenvalue weighted by molar-refractivity contribution is 0.0309. The number of benzene rings is 1. The van der Waals surface area contributed by atoms with Gasteiger partial charge in [-0.25, -0.2) is 4.98 Å². The lowest BCUT2D eigenvalue weighted by atomic mass is 9.97. The summed E-state index contributed by atoms with van der Waals surface area (Å²) in [6.45, 7) is 1.53. The maximum atomic E-state index is 6.00. The lowest BCUT2D eigenvalue weighted by Gasteiger charge is -2.26. The third kappa shape index (κ3) is 2.42. The highest BCUT2D eigenvalue weighted by atomic mass is 16.5. The van der Waals surface area contributed by atoms with Gasteiger partial charge in [-0.3, -0.25) is 4.98 Å². The summed E-state index contributed by atoms with van der Waals surface area (Å²) in [6.07, 6.45) is 6.66. The van der Waals surface area contributed by atoms with Crippen molar-refractivity contribution >= 4 is 0 Å². The summed E-state index contributed by atoms with van der Waals surface area (Å²) in [5, 5.41) is 0. The van der Waals surface area contributed by atoms with E-state index in [9.17, 15) is 0 Å². The summed E-state index contributed by atoms with van der Waals surface area (Å²) in [5.41, 5.74) is 3.56. The van der Waals surface area contributed by atoms with E-state index in [0.717, 1.165) is 31.1 Å². The Bertz CT molecular complexity index is 767. The topological polar surface area (TPSA) is 39.9 Å². The molecule has 0 aliphatic carbocycles. The molecule has 0 radical (unpaired) electrons. The minimum Gasteiger partial charge on any atom is -0.371 e. The Labute approximate surface area is 129 Å². The van der Waals surface area contributed by atoms with Gasteiger partial charge in [0.05, 0.1) is 13.2 Å². The molecule has 0 saturated carbocycles. The number of hydrogen-bond donors (Lipinski definition) is 0. The van der Waals surface area contributed by atoms with E-state index in [1.807, 2.05) is 30.6 Å². The fourth-order valence-corrected chi connectivity index (χ4v) is 2.99. The average molecular weight is 291 g/mol. The first-order valence-electron chi connectivity index (χ1n) is 7.54. The van der Waals surface area contributed by atoms with Gasteiger partial charge in [0.25, 0.3) is 0 Å². The minimum absolute atomic E-state index is 0.0709. The summed E-state index contributed by atoms with van der Waals surface area (Å²) >= 11 is 0. The molecule has 0 amide bonds. The molecule has 22 heavy (non-hydrogen) atoms. The second-order valence-electron chi connectivity index (χ2n) is 5.43. The van der Waals surface area contributed by atoms with E-state index in [-0.39, 0.29) is 6.10 Å². The van der Waals surface area contributed by atoms with Gasteiger partial charge < -0.3 is 9.30 Å². The molecular formula is C18H17N3O. The molecule has 0 saturated heterocycles. The Balaban J connectivity index is 1.65. The predicted molar refractivity (Wildman–Crippen MR) is 84.3 cm³/mol. The molecule has 4 rings (SSSR count). The molecule has 3 aromatic rings. The van der Waals surface area contributed by atoms with E-state index in [0.29, 0.717) is 0 Å². The van der Waals surface area contributed by atoms with Crippen LogP contribution in [-0.4, -0.2) is 21.1 Å². The van der Waals surface area contributed by atoms with Crippen molar-refractivity contribution < 1.29 is 4.74 Å². The van der Waals surface area contributed by atoms with E-state index in [1.54, 1.807) is 6.20 Å². The van der Waals surface area contributed by atoms with Crippen molar-refractivity contribution in [2.75, 3.05) is 6.61 Å². The van der Waals surface area contributed by atoms with Gasteiger partial charge in [0.2, 0.25) is 0 Å². The Hall–Kier alpha value is -2.46. The average Bonchev–Trinajstić information content (AvgIpc) is 3.04. The molecule has 1 aliphatic rings. The molecule has 3 heterocycles. The largest absolute Gasteiger partial charge is 0.371 e. The minimum atomic E-state index is 0.0709. The van der Waals surface area contributed by atoms with Crippen molar-refractivity contribution in [3.8, 4) is 11.5 Å². The van der Waals surface area contributed by atoms with Crippen molar-refractivity contribution in [2.24, 2.45) is 0 Å². The normalized spacial score (nSPS) is 17.2. The molecular weight excluding hydrogens is 274 g/mol. The second-order valence-corrected chi connectivity index (χ2v) is 5.43. The summed E-state index contributed by atoms with van der Waals surface area (Å²) in [4.78, 5) is 8.85. The van der Waals surface area contributed by atoms with E-state index in [4.69, 9.17) is 4.74 Å². The number of nitrogens with zero attached hydrogens (tertiary/aromatic N) is 3. The molecule has 2 aromatic heterocycles. The standard InChI is InChI=1S/C18H17N3O/c1-2-6-15-14(5-1)8-12-22-17(15)13-21-11-10-20-18(21)16-7-3-4-9-19-16/h1-7,9-11,17H,8,12-13H2. The first kappa shape index (κ1) is 13.2. The lowest BCUT2D eigenvalue weighted by Crippen LogP contribution is -2.20. The van der Waals surface area contributed by atoms with Gasteiger partial charge in [0.15, 0.2) is 5.82 Å². The van der Waals surface area contributed by atoms with E-state index >= 15 is 0 Å². The number of ether oxygens (including phenoxy) is 1. The molecule has 1 aliphatic heterocycles. The van der Waals surface area contributed by atoms with Crippen LogP contribution in [0.4, 0.5) is 0 Å². The van der Waals surface area contributed by atoms with Crippen LogP contribution in [0.1, 0.15) is 17.2 Å². The molecule has 0 spiro atoms. The van der Waals surface area contributed by atoms with Crippen LogP contribution < -0.4 is 0 Å². The van der Waals surface area contributed by atoms with E-state index in [1.165, 1.54) is 11.1 Å². The molecule has 1 unspecified atom stereocenters. The third-order valence-electron chi connectivity index (χ3n) is 4.06. The highest BCUT2D eigenvalue weighted by molar-refractivity contribution is 5.49. The quantitative estimate of drug-likeness (QED) is 0.743. The number of fused-ring (bicyclic) bond motifs is 1. The number of hydrogen-bond acceptors (Lipinski definition) is 3. The molecule has 4 nitrogen and oxygen atoms in total. The number of imidazole rings is 1. The van der Waals surface area contributed by atoms with E-state index in [2.05, 4.69) is 38.8 Å². The first-order valence-corrected chi connectivity index (χ1v) is 7.54. The number of pyridine rings is 1. The van der Waals surface area contributed by atoms with Crippen LogP contribution in [0, 0.1) is 0 Å². The number of aromatic nitrogens is 3. The number of rotatable bonds is 3. The van der Waals surface area contributed by atoms with Crippen LogP contribution in [0.3, 0.4) is 0 Å². The van der Waals surface area contributed by atoms with Crippen LogP contribution in [0.15, 0.2) is 61.1 Å². The SMILES string of the molecule is c1ccc(-c2nccn2CC2OCCc3ccccc32)nc1. The maximum absolute atomic E-state index is 6.00. The smallest absolute Gasteiger partial charge is 0.158 e. The molecule has 110 valence electrons. The van der Waals surface area contributed by atoms with Gasteiger partial charge in [0, 0.05) is 18.6 Å². The highest BCUT2D eigenvalue weighted by Crippen LogP contribution is 2.29. The van der Waals surface area contributed by atoms with Crippen LogP contribution in [-0.2, 0) is 17.7 Å². The first-order chi connectivity index (χ1) is 10.9. The van der Waals surface area contributed by atoms with Gasteiger partial charge in [-0.2, -0.15) is 0 Å². The highest BCUT2D eigenvalue weighted by Gasteiger charge is 2.22. The van der Waals surface area contributed by atoms with Crippen LogP contribution in [0.5, 0.6) is 0 Å². The Morgan fingerprint density at radius 3 is 2.86 bits per heavy atom. The predicted octanol–water partition coefficient (Wildman–Crippen LogP) is 3.26. The zero-order chi connectivity index (χ0) is 14.8. The Kier molecular flexibility index (Phi) is 3.45. The van der Waals surface area contributed by atoms with Gasteiger partial charge in [-0.15, -0.1) is 0 Å². The molecule has 0 N–H and O–H groups in total. The molecule has 0 fully saturated rings.